The van der Waals surface area contributed by atoms with Crippen molar-refractivity contribution in [2.24, 2.45) is 0 Å². The summed E-state index contributed by atoms with van der Waals surface area (Å²) in [5, 5.41) is 0. The van der Waals surface area contributed by atoms with Crippen LogP contribution >= 0.6 is 8.25 Å². The van der Waals surface area contributed by atoms with E-state index < -0.39 is 8.25 Å². The third-order valence-electron chi connectivity index (χ3n) is 0.298. The van der Waals surface area contributed by atoms with Crippen molar-refractivity contribution in [1.29, 1.82) is 0 Å². The van der Waals surface area contributed by atoms with Crippen molar-refractivity contribution in [2.45, 2.75) is 0 Å². The average molecular weight is 141 g/mol. The largest absolute Gasteiger partial charge is 0.671 e. The molecule has 0 spiro atoms. The second-order valence-electron chi connectivity index (χ2n) is 0.589. The second kappa shape index (κ2) is 3.64. The Labute approximate surface area is 43.1 Å². The molecule has 6 heavy (non-hydrogen) atoms. The maximum absolute atomic E-state index is 9.95. The van der Waals surface area contributed by atoms with Crippen molar-refractivity contribution in [2.75, 3.05) is 0 Å². The highest BCUT2D eigenvalue weighted by atomic mass is 31.1. The van der Waals surface area contributed by atoms with E-state index in [1.165, 1.54) is 0 Å². The molecule has 0 aromatic rings. The van der Waals surface area contributed by atoms with Crippen molar-refractivity contribution >= 4 is 29.2 Å². The first kappa shape index (κ1) is 6.45. The molecule has 0 rings (SSSR count). The zero-order chi connectivity index (χ0) is 4.99. The van der Waals surface area contributed by atoms with Gasteiger partial charge in [0.1, 0.15) is 0 Å². The fourth-order valence-electron chi connectivity index (χ4n) is 0.0745. The van der Waals surface area contributed by atoms with Crippen LogP contribution in [0.15, 0.2) is 0 Å². The molecule has 0 amide bonds. The summed E-state index contributed by atoms with van der Waals surface area (Å²) in [5.41, 5.74) is 0. The highest BCUT2D eigenvalue weighted by Gasteiger charge is 2.08. The molecule has 0 unspecified atom stereocenters. The summed E-state index contributed by atoms with van der Waals surface area (Å²) in [7, 11) is -0.711. The van der Waals surface area contributed by atoms with Gasteiger partial charge in [0.25, 0.3) is 0 Å². The number of rotatable bonds is 2. The molecule has 36 valence electrons. The maximum Gasteiger partial charge on any atom is 0.671 e. The van der Waals surface area contributed by atoms with Gasteiger partial charge in [-0.3, -0.25) is 0 Å². The third-order valence-corrected chi connectivity index (χ3v) is 2.68. The molecule has 3 nitrogen and oxygen atoms in total. The molecule has 0 aliphatic heterocycles. The van der Waals surface area contributed by atoms with Crippen LogP contribution in [-0.4, -0.2) is 21.0 Å². The molecule has 0 aliphatic carbocycles. The molecule has 0 radical (unpaired) electrons. The van der Waals surface area contributed by atoms with Crippen LogP contribution in [0.1, 0.15) is 0 Å². The standard InChI is InChI=1S/H6O3PSi2/c1-4(2-5)3-6/h5-6H3/q+1. The summed E-state index contributed by atoms with van der Waals surface area (Å²) >= 11 is 0. The quantitative estimate of drug-likeness (QED) is 0.337. The predicted octanol–water partition coefficient (Wildman–Crippen LogP) is -1.76. The highest BCUT2D eigenvalue weighted by Crippen LogP contribution is 2.17. The Morgan fingerprint density at radius 2 is 1.67 bits per heavy atom. The Hall–Kier alpha value is 0.454. The molecule has 0 aromatic carbocycles. The lowest BCUT2D eigenvalue weighted by atomic mass is 15.8. The predicted molar refractivity (Wildman–Crippen MR) is 29.7 cm³/mol. The minimum absolute atomic E-state index is 0.496. The minimum Gasteiger partial charge on any atom is -0.188 e. The van der Waals surface area contributed by atoms with E-state index in [1.54, 1.807) is 0 Å². The van der Waals surface area contributed by atoms with Gasteiger partial charge in [0.2, 0.25) is 21.0 Å². The Morgan fingerprint density at radius 1 is 1.33 bits per heavy atom. The lowest BCUT2D eigenvalue weighted by molar-refractivity contribution is 0.445. The van der Waals surface area contributed by atoms with E-state index in [4.69, 9.17) is 0 Å². The Balaban J connectivity index is 2.99. The van der Waals surface area contributed by atoms with Gasteiger partial charge in [0.15, 0.2) is 0 Å². The lowest BCUT2D eigenvalue weighted by Crippen LogP contribution is -1.71. The van der Waals surface area contributed by atoms with Crippen LogP contribution < -0.4 is 0 Å². The molecule has 0 atom stereocenters. The highest BCUT2D eigenvalue weighted by molar-refractivity contribution is 7.35. The van der Waals surface area contributed by atoms with E-state index in [0.717, 1.165) is 0 Å². The molecular weight excluding hydrogens is 135 g/mol. The fraction of sp³-hybridized carbons (Fsp3) is 0. The summed E-state index contributed by atoms with van der Waals surface area (Å²) in [6.07, 6.45) is 0. The third kappa shape index (κ3) is 2.68. The second-order valence-corrected chi connectivity index (χ2v) is 3.96. The van der Waals surface area contributed by atoms with Crippen molar-refractivity contribution < 1.29 is 13.0 Å². The van der Waals surface area contributed by atoms with Gasteiger partial charge in [-0.25, -0.2) is 0 Å². The molecule has 0 heterocycles. The van der Waals surface area contributed by atoms with Crippen LogP contribution in [0.4, 0.5) is 0 Å². The van der Waals surface area contributed by atoms with Crippen molar-refractivity contribution in [3.8, 4) is 0 Å². The van der Waals surface area contributed by atoms with Gasteiger partial charge < -0.3 is 0 Å². The van der Waals surface area contributed by atoms with E-state index in [9.17, 15) is 4.57 Å². The van der Waals surface area contributed by atoms with Crippen LogP contribution in [0.3, 0.4) is 0 Å². The van der Waals surface area contributed by atoms with E-state index >= 15 is 0 Å². The summed E-state index contributed by atoms with van der Waals surface area (Å²) in [4.78, 5) is 0. The van der Waals surface area contributed by atoms with Crippen molar-refractivity contribution in [1.82, 2.24) is 0 Å². The van der Waals surface area contributed by atoms with Gasteiger partial charge in [0.05, 0.1) is 0 Å². The molecule has 0 aliphatic rings. The normalized spacial score (nSPS) is 12.3. The van der Waals surface area contributed by atoms with Gasteiger partial charge in [-0.1, -0.05) is 0 Å². The van der Waals surface area contributed by atoms with E-state index in [0.29, 0.717) is 21.0 Å². The zero-order valence-corrected chi connectivity index (χ0v) is 8.57. The molecule has 0 N–H and O–H groups in total. The first-order chi connectivity index (χ1) is 2.81. The van der Waals surface area contributed by atoms with Gasteiger partial charge in [0, 0.05) is 4.57 Å². The van der Waals surface area contributed by atoms with Gasteiger partial charge in [-0.15, -0.1) is 0 Å². The maximum atomic E-state index is 9.95. The number of hydrogen-bond acceptors (Lipinski definition) is 3. The summed E-state index contributed by atoms with van der Waals surface area (Å²) in [6.45, 7) is 0. The van der Waals surface area contributed by atoms with E-state index in [2.05, 4.69) is 8.43 Å². The molecule has 0 saturated carbocycles. The smallest absolute Gasteiger partial charge is 0.188 e. The Morgan fingerprint density at radius 3 is 1.67 bits per heavy atom. The minimum atomic E-state index is -1.70. The first-order valence-electron chi connectivity index (χ1n) is 1.36. The molecule has 0 bridgehead atoms. The van der Waals surface area contributed by atoms with E-state index in [-0.39, 0.29) is 0 Å². The van der Waals surface area contributed by atoms with Crippen LogP contribution in [0.25, 0.3) is 0 Å². The average Bonchev–Trinajstić information content (AvgIpc) is 1.65. The molecule has 6 heteroatoms. The molecule has 0 fully saturated rings. The van der Waals surface area contributed by atoms with Crippen LogP contribution in [0, 0.1) is 0 Å². The van der Waals surface area contributed by atoms with Crippen molar-refractivity contribution in [3.63, 3.8) is 0 Å². The van der Waals surface area contributed by atoms with E-state index in [1.807, 2.05) is 0 Å². The summed E-state index contributed by atoms with van der Waals surface area (Å²) in [6, 6.07) is 0. The number of hydrogen-bond donors (Lipinski definition) is 0. The van der Waals surface area contributed by atoms with Gasteiger partial charge >= 0.3 is 8.25 Å². The van der Waals surface area contributed by atoms with Crippen LogP contribution in [0.5, 0.6) is 0 Å². The lowest BCUT2D eigenvalue weighted by Gasteiger charge is -1.68. The van der Waals surface area contributed by atoms with Crippen molar-refractivity contribution in [3.05, 3.63) is 0 Å². The Bertz CT molecular complexity index is 46.8. The van der Waals surface area contributed by atoms with Gasteiger partial charge in [-0.05, 0) is 0 Å². The Kier molecular flexibility index (Phi) is 3.91. The summed E-state index contributed by atoms with van der Waals surface area (Å²) < 4.78 is 18.7. The first-order valence-corrected chi connectivity index (χ1v) is 4.09. The van der Waals surface area contributed by atoms with Gasteiger partial charge in [-0.2, -0.15) is 8.43 Å². The molecular formula is H6O3PSi2+. The van der Waals surface area contributed by atoms with Crippen LogP contribution in [-0.2, 0) is 13.0 Å². The fourth-order valence-corrected chi connectivity index (χ4v) is 2.01. The molecule has 0 aromatic heterocycles. The molecule has 0 saturated heterocycles. The SMILES string of the molecule is O=[P+](O[SiH3])O[SiH3]. The monoisotopic (exact) mass is 141 g/mol. The summed E-state index contributed by atoms with van der Waals surface area (Å²) in [5.74, 6) is 0. The topological polar surface area (TPSA) is 35.5 Å². The zero-order valence-electron chi connectivity index (χ0n) is 3.67. The van der Waals surface area contributed by atoms with Crippen LogP contribution in [0.2, 0.25) is 0 Å².